The molecule has 0 bridgehead atoms. The average Bonchev–Trinajstić information content (AvgIpc) is 3.23. The lowest BCUT2D eigenvalue weighted by Gasteiger charge is -2.04. The first-order valence-electron chi connectivity index (χ1n) is 9.29. The van der Waals surface area contributed by atoms with E-state index < -0.39 is 0 Å². The Morgan fingerprint density at radius 1 is 1.18 bits per heavy atom. The Balaban J connectivity index is 1.71. The van der Waals surface area contributed by atoms with Crippen LogP contribution in [-0.2, 0) is 6.42 Å². The summed E-state index contributed by atoms with van der Waals surface area (Å²) in [6, 6.07) is 18.3. The summed E-state index contributed by atoms with van der Waals surface area (Å²) in [7, 11) is 1.64. The first-order chi connectivity index (χ1) is 13.7. The number of aromatic nitrogens is 1. The van der Waals surface area contributed by atoms with Gasteiger partial charge >= 0.3 is 0 Å². The largest absolute Gasteiger partial charge is 0.497 e. The van der Waals surface area contributed by atoms with Crippen LogP contribution in [0, 0.1) is 11.3 Å². The number of allylic oxidation sites excluding steroid dienone is 1. The molecule has 0 radical (unpaired) electrons. The van der Waals surface area contributed by atoms with E-state index in [-0.39, 0.29) is 0 Å². The van der Waals surface area contributed by atoms with Crippen LogP contribution in [0.15, 0.2) is 60.1 Å². The zero-order valence-electron chi connectivity index (χ0n) is 16.1. The van der Waals surface area contributed by atoms with Crippen molar-refractivity contribution in [2.75, 3.05) is 12.4 Å². The number of thiazole rings is 1. The number of nitrogens with one attached hydrogen (secondary N) is 1. The van der Waals surface area contributed by atoms with Crippen LogP contribution in [0.4, 0.5) is 5.69 Å². The number of benzene rings is 2. The lowest BCUT2D eigenvalue weighted by molar-refractivity contribution is 0.415. The van der Waals surface area contributed by atoms with Gasteiger partial charge in [-0.1, -0.05) is 25.5 Å². The number of rotatable bonds is 8. The molecule has 0 amide bonds. The van der Waals surface area contributed by atoms with Gasteiger partial charge in [-0.15, -0.1) is 11.3 Å². The molecule has 1 heterocycles. The standard InChI is InChI=1S/C23H23N3OS/c1-3-4-5-17-6-10-20(11-7-17)25-15-19(14-24)23-26-22(16-28-23)18-8-12-21(27-2)13-9-18/h6-13,15-16,25H,3-5H2,1-2H3/b19-15-. The van der Waals surface area contributed by atoms with Crippen molar-refractivity contribution in [3.05, 3.63) is 70.7 Å². The molecule has 0 saturated carbocycles. The van der Waals surface area contributed by atoms with E-state index in [9.17, 15) is 5.26 Å². The summed E-state index contributed by atoms with van der Waals surface area (Å²) in [5, 5.41) is 15.4. The van der Waals surface area contributed by atoms with Crippen LogP contribution in [0.1, 0.15) is 30.3 Å². The van der Waals surface area contributed by atoms with Gasteiger partial charge in [-0.2, -0.15) is 5.26 Å². The summed E-state index contributed by atoms with van der Waals surface area (Å²) >= 11 is 1.46. The van der Waals surface area contributed by atoms with Crippen molar-refractivity contribution in [3.63, 3.8) is 0 Å². The summed E-state index contributed by atoms with van der Waals surface area (Å²) < 4.78 is 5.19. The Morgan fingerprint density at radius 2 is 1.93 bits per heavy atom. The molecular weight excluding hydrogens is 366 g/mol. The Hall–Kier alpha value is -3.10. The molecule has 5 heteroatoms. The maximum Gasteiger partial charge on any atom is 0.136 e. The number of anilines is 1. The van der Waals surface area contributed by atoms with Crippen LogP contribution in [0.25, 0.3) is 16.8 Å². The fourth-order valence-electron chi connectivity index (χ4n) is 2.74. The second-order valence-electron chi connectivity index (χ2n) is 6.38. The lowest BCUT2D eigenvalue weighted by atomic mass is 10.1. The second kappa shape index (κ2) is 9.72. The van der Waals surface area contributed by atoms with E-state index in [0.717, 1.165) is 29.1 Å². The Morgan fingerprint density at radius 3 is 2.57 bits per heavy atom. The van der Waals surface area contributed by atoms with Gasteiger partial charge in [0.1, 0.15) is 22.4 Å². The van der Waals surface area contributed by atoms with Gasteiger partial charge in [0.15, 0.2) is 0 Å². The molecule has 142 valence electrons. The monoisotopic (exact) mass is 389 g/mol. The molecule has 1 N–H and O–H groups in total. The molecular formula is C23H23N3OS. The lowest BCUT2D eigenvalue weighted by Crippen LogP contribution is -1.92. The maximum absolute atomic E-state index is 9.54. The highest BCUT2D eigenvalue weighted by atomic mass is 32.1. The van der Waals surface area contributed by atoms with Gasteiger partial charge < -0.3 is 10.1 Å². The summed E-state index contributed by atoms with van der Waals surface area (Å²) in [5.41, 5.74) is 4.65. The third kappa shape index (κ3) is 4.99. The fraction of sp³-hybridized carbons (Fsp3) is 0.217. The van der Waals surface area contributed by atoms with Gasteiger partial charge in [-0.25, -0.2) is 4.98 Å². The zero-order valence-corrected chi connectivity index (χ0v) is 16.9. The summed E-state index contributed by atoms with van der Waals surface area (Å²) in [5.74, 6) is 0.807. The number of methoxy groups -OCH3 is 1. The average molecular weight is 390 g/mol. The second-order valence-corrected chi connectivity index (χ2v) is 7.24. The van der Waals surface area contributed by atoms with Crippen LogP contribution in [0.3, 0.4) is 0 Å². The van der Waals surface area contributed by atoms with Crippen LogP contribution in [0.2, 0.25) is 0 Å². The number of nitriles is 1. The van der Waals surface area contributed by atoms with Gasteiger partial charge in [0.2, 0.25) is 0 Å². The van der Waals surface area contributed by atoms with Crippen LogP contribution in [0.5, 0.6) is 5.75 Å². The molecule has 0 fully saturated rings. The molecule has 0 spiro atoms. The quantitative estimate of drug-likeness (QED) is 0.470. The highest BCUT2D eigenvalue weighted by Gasteiger charge is 2.09. The Bertz CT molecular complexity index is 966. The molecule has 4 nitrogen and oxygen atoms in total. The minimum absolute atomic E-state index is 0.514. The molecule has 0 aliphatic carbocycles. The zero-order chi connectivity index (χ0) is 19.8. The minimum Gasteiger partial charge on any atom is -0.497 e. The molecule has 28 heavy (non-hydrogen) atoms. The SMILES string of the molecule is CCCCc1ccc(N/C=C(/C#N)c2nc(-c3ccc(OC)cc3)cs2)cc1. The van der Waals surface area contributed by atoms with Crippen LogP contribution >= 0.6 is 11.3 Å². The number of aryl methyl sites for hydroxylation is 1. The minimum atomic E-state index is 0.514. The van der Waals surface area contributed by atoms with Crippen molar-refractivity contribution in [3.8, 4) is 23.1 Å². The highest BCUT2D eigenvalue weighted by Crippen LogP contribution is 2.27. The van der Waals surface area contributed by atoms with Crippen molar-refractivity contribution < 1.29 is 4.74 Å². The topological polar surface area (TPSA) is 57.9 Å². The molecule has 0 aliphatic rings. The predicted octanol–water partition coefficient (Wildman–Crippen LogP) is 6.14. The maximum atomic E-state index is 9.54. The van der Waals surface area contributed by atoms with Gasteiger partial charge in [0, 0.05) is 22.8 Å². The number of hydrogen-bond donors (Lipinski definition) is 1. The fourth-order valence-corrected chi connectivity index (χ4v) is 3.53. The Labute approximate surface area is 170 Å². The van der Waals surface area contributed by atoms with E-state index in [2.05, 4.69) is 35.4 Å². The van der Waals surface area contributed by atoms with Gasteiger partial charge in [0.25, 0.3) is 0 Å². The first-order valence-corrected chi connectivity index (χ1v) is 10.2. The molecule has 0 aliphatic heterocycles. The third-order valence-electron chi connectivity index (χ3n) is 4.40. The van der Waals surface area contributed by atoms with E-state index in [0.29, 0.717) is 10.6 Å². The number of ether oxygens (including phenoxy) is 1. The number of hydrogen-bond acceptors (Lipinski definition) is 5. The van der Waals surface area contributed by atoms with E-state index in [1.54, 1.807) is 13.3 Å². The molecule has 0 saturated heterocycles. The molecule has 2 aromatic carbocycles. The molecule has 1 aromatic heterocycles. The number of nitrogens with zero attached hydrogens (tertiary/aromatic N) is 2. The molecule has 0 unspecified atom stereocenters. The smallest absolute Gasteiger partial charge is 0.136 e. The van der Waals surface area contributed by atoms with Crippen molar-refractivity contribution in [1.29, 1.82) is 5.26 Å². The summed E-state index contributed by atoms with van der Waals surface area (Å²) in [6.45, 7) is 2.20. The van der Waals surface area contributed by atoms with Crippen molar-refractivity contribution in [2.24, 2.45) is 0 Å². The molecule has 0 atom stereocenters. The summed E-state index contributed by atoms with van der Waals surface area (Å²) in [6.07, 6.45) is 5.22. The van der Waals surface area contributed by atoms with Gasteiger partial charge in [-0.3, -0.25) is 0 Å². The van der Waals surface area contributed by atoms with E-state index in [1.807, 2.05) is 41.8 Å². The van der Waals surface area contributed by atoms with Crippen molar-refractivity contribution in [2.45, 2.75) is 26.2 Å². The normalized spacial score (nSPS) is 11.1. The third-order valence-corrected chi connectivity index (χ3v) is 5.27. The van der Waals surface area contributed by atoms with Gasteiger partial charge in [0.05, 0.1) is 12.8 Å². The molecule has 3 aromatic rings. The summed E-state index contributed by atoms with van der Waals surface area (Å²) in [4.78, 5) is 4.61. The van der Waals surface area contributed by atoms with Crippen molar-refractivity contribution in [1.82, 2.24) is 4.98 Å². The van der Waals surface area contributed by atoms with Gasteiger partial charge in [-0.05, 0) is 54.8 Å². The predicted molar refractivity (Wildman–Crippen MR) is 116 cm³/mol. The number of unbranched alkanes of at least 4 members (excludes halogenated alkanes) is 1. The Kier molecular flexibility index (Phi) is 6.83. The first kappa shape index (κ1) is 19.7. The van der Waals surface area contributed by atoms with Crippen molar-refractivity contribution >= 4 is 22.6 Å². The highest BCUT2D eigenvalue weighted by molar-refractivity contribution is 7.11. The van der Waals surface area contributed by atoms with E-state index in [1.165, 1.54) is 29.7 Å². The van der Waals surface area contributed by atoms with Crippen LogP contribution < -0.4 is 10.1 Å². The molecule has 3 rings (SSSR count). The van der Waals surface area contributed by atoms with E-state index in [4.69, 9.17) is 4.74 Å². The van der Waals surface area contributed by atoms with E-state index >= 15 is 0 Å². The van der Waals surface area contributed by atoms with Crippen LogP contribution in [-0.4, -0.2) is 12.1 Å².